The van der Waals surface area contributed by atoms with E-state index in [1.807, 2.05) is 0 Å². The molecule has 1 fully saturated rings. The Morgan fingerprint density at radius 3 is 2.92 bits per heavy atom. The van der Waals surface area contributed by atoms with Crippen molar-refractivity contribution in [2.75, 3.05) is 6.54 Å². The van der Waals surface area contributed by atoms with Gasteiger partial charge in [-0.1, -0.05) is 6.42 Å². The van der Waals surface area contributed by atoms with E-state index in [2.05, 4.69) is 15.2 Å². The molecule has 0 radical (unpaired) electrons. The lowest BCUT2D eigenvalue weighted by Gasteiger charge is -2.21. The zero-order valence-corrected chi connectivity index (χ0v) is 7.79. The largest absolute Gasteiger partial charge is 0.330 e. The first-order valence-corrected chi connectivity index (χ1v) is 5.01. The summed E-state index contributed by atoms with van der Waals surface area (Å²) in [5.41, 5.74) is 5.42. The normalized spacial score (nSPS) is 17.3. The molecule has 1 aromatic rings. The van der Waals surface area contributed by atoms with Crippen LogP contribution in [0.3, 0.4) is 0 Å². The van der Waals surface area contributed by atoms with E-state index in [1.165, 1.54) is 19.3 Å². The van der Waals surface area contributed by atoms with Gasteiger partial charge >= 0.3 is 0 Å². The minimum Gasteiger partial charge on any atom is -0.330 e. The van der Waals surface area contributed by atoms with Crippen molar-refractivity contribution in [3.63, 3.8) is 0 Å². The number of hydrogen-bond donors (Lipinski definition) is 2. The molecule has 0 aliphatic heterocycles. The van der Waals surface area contributed by atoms with Crippen molar-refractivity contribution in [2.24, 2.45) is 5.73 Å². The van der Waals surface area contributed by atoms with Gasteiger partial charge in [-0.3, -0.25) is 5.10 Å². The van der Waals surface area contributed by atoms with Crippen molar-refractivity contribution in [2.45, 2.75) is 38.0 Å². The number of aromatic amines is 1. The van der Waals surface area contributed by atoms with Gasteiger partial charge in [0.1, 0.15) is 5.82 Å². The first-order chi connectivity index (χ1) is 6.40. The van der Waals surface area contributed by atoms with Crippen LogP contribution in [0.1, 0.15) is 43.3 Å². The molecule has 3 N–H and O–H groups in total. The Morgan fingerprint density at radius 1 is 1.46 bits per heavy atom. The third-order valence-corrected chi connectivity index (χ3v) is 2.64. The highest BCUT2D eigenvalue weighted by Gasteiger charge is 2.23. The van der Waals surface area contributed by atoms with Crippen LogP contribution in [0, 0.1) is 0 Å². The van der Waals surface area contributed by atoms with Gasteiger partial charge in [-0.25, -0.2) is 4.98 Å². The molecule has 1 aliphatic carbocycles. The fraction of sp³-hybridized carbons (Fsp3) is 0.778. The first-order valence-electron chi connectivity index (χ1n) is 5.01. The molecule has 0 amide bonds. The molecule has 0 spiro atoms. The summed E-state index contributed by atoms with van der Waals surface area (Å²) in [7, 11) is 0. The molecule has 0 saturated heterocycles. The summed E-state index contributed by atoms with van der Waals surface area (Å²) in [5, 5.41) is 7.19. The quantitative estimate of drug-likeness (QED) is 0.725. The molecule has 4 heteroatoms. The van der Waals surface area contributed by atoms with E-state index in [0.717, 1.165) is 31.0 Å². The van der Waals surface area contributed by atoms with Crippen LogP contribution >= 0.6 is 0 Å². The lowest BCUT2D eigenvalue weighted by Crippen LogP contribution is -2.10. The first kappa shape index (κ1) is 8.69. The van der Waals surface area contributed by atoms with Crippen LogP contribution in [0.5, 0.6) is 0 Å². The lowest BCUT2D eigenvalue weighted by atomic mass is 9.85. The summed E-state index contributed by atoms with van der Waals surface area (Å²) in [4.78, 5) is 4.45. The van der Waals surface area contributed by atoms with E-state index >= 15 is 0 Å². The number of nitrogens with two attached hydrogens (primary N) is 1. The molecule has 1 heterocycles. The van der Waals surface area contributed by atoms with Gasteiger partial charge in [0.25, 0.3) is 0 Å². The minimum atomic E-state index is 0.628. The molecule has 2 rings (SSSR count). The number of rotatable bonds is 4. The number of aromatic nitrogens is 3. The van der Waals surface area contributed by atoms with Crippen LogP contribution in [-0.4, -0.2) is 21.7 Å². The third-order valence-electron chi connectivity index (χ3n) is 2.64. The minimum absolute atomic E-state index is 0.628. The highest BCUT2D eigenvalue weighted by Crippen LogP contribution is 2.33. The van der Waals surface area contributed by atoms with Gasteiger partial charge < -0.3 is 5.73 Å². The fourth-order valence-corrected chi connectivity index (χ4v) is 1.54. The summed E-state index contributed by atoms with van der Waals surface area (Å²) < 4.78 is 0. The summed E-state index contributed by atoms with van der Waals surface area (Å²) >= 11 is 0. The van der Waals surface area contributed by atoms with Crippen LogP contribution in [0.4, 0.5) is 0 Å². The molecule has 4 nitrogen and oxygen atoms in total. The van der Waals surface area contributed by atoms with Crippen LogP contribution in [0.15, 0.2) is 0 Å². The number of nitrogens with zero attached hydrogens (tertiary/aromatic N) is 2. The molecule has 0 bridgehead atoms. The Balaban J connectivity index is 1.92. The van der Waals surface area contributed by atoms with Crippen molar-refractivity contribution >= 4 is 0 Å². The Bertz CT molecular complexity index is 264. The zero-order chi connectivity index (χ0) is 9.10. The van der Waals surface area contributed by atoms with Crippen molar-refractivity contribution < 1.29 is 0 Å². The van der Waals surface area contributed by atoms with Gasteiger partial charge in [0.2, 0.25) is 0 Å². The molecule has 0 aromatic carbocycles. The SMILES string of the molecule is NCCCc1nc(C2CCC2)n[nH]1. The van der Waals surface area contributed by atoms with Crippen molar-refractivity contribution in [1.29, 1.82) is 0 Å². The number of aryl methyl sites for hydroxylation is 1. The standard InChI is InChI=1S/C9H16N4/c10-6-2-5-8-11-9(13-12-8)7-3-1-4-7/h7H,1-6,10H2,(H,11,12,13). The van der Waals surface area contributed by atoms with Crippen LogP contribution in [-0.2, 0) is 6.42 Å². The summed E-state index contributed by atoms with van der Waals surface area (Å²) in [6, 6.07) is 0. The molecule has 1 aliphatic rings. The highest BCUT2D eigenvalue weighted by molar-refractivity contribution is 5.01. The van der Waals surface area contributed by atoms with E-state index in [1.54, 1.807) is 0 Å². The Kier molecular flexibility index (Phi) is 2.59. The molecule has 1 saturated carbocycles. The van der Waals surface area contributed by atoms with Crippen molar-refractivity contribution in [3.8, 4) is 0 Å². The molecular weight excluding hydrogens is 164 g/mol. The van der Waals surface area contributed by atoms with Gasteiger partial charge in [0.05, 0.1) is 0 Å². The second kappa shape index (κ2) is 3.87. The van der Waals surface area contributed by atoms with Gasteiger partial charge in [0, 0.05) is 12.3 Å². The highest BCUT2D eigenvalue weighted by atomic mass is 15.2. The second-order valence-corrected chi connectivity index (χ2v) is 3.66. The number of hydrogen-bond acceptors (Lipinski definition) is 3. The molecular formula is C9H16N4. The van der Waals surface area contributed by atoms with E-state index < -0.39 is 0 Å². The van der Waals surface area contributed by atoms with Gasteiger partial charge in [-0.2, -0.15) is 5.10 Å². The molecule has 13 heavy (non-hydrogen) atoms. The topological polar surface area (TPSA) is 67.6 Å². The summed E-state index contributed by atoms with van der Waals surface area (Å²) in [5.74, 6) is 2.63. The lowest BCUT2D eigenvalue weighted by molar-refractivity contribution is 0.402. The van der Waals surface area contributed by atoms with E-state index in [9.17, 15) is 0 Å². The smallest absolute Gasteiger partial charge is 0.153 e. The average Bonchev–Trinajstić information content (AvgIpc) is 2.46. The maximum atomic E-state index is 5.42. The average molecular weight is 180 g/mol. The fourth-order valence-electron chi connectivity index (χ4n) is 1.54. The van der Waals surface area contributed by atoms with Crippen molar-refractivity contribution in [1.82, 2.24) is 15.2 Å². The van der Waals surface area contributed by atoms with Crippen molar-refractivity contribution in [3.05, 3.63) is 11.6 Å². The Morgan fingerprint density at radius 2 is 2.31 bits per heavy atom. The molecule has 1 aromatic heterocycles. The summed E-state index contributed by atoms with van der Waals surface area (Å²) in [6.45, 7) is 0.722. The molecule has 0 unspecified atom stereocenters. The zero-order valence-electron chi connectivity index (χ0n) is 7.79. The van der Waals surface area contributed by atoms with E-state index in [4.69, 9.17) is 5.73 Å². The predicted molar refractivity (Wildman–Crippen MR) is 50.4 cm³/mol. The Hall–Kier alpha value is -0.900. The number of nitrogens with one attached hydrogen (secondary N) is 1. The predicted octanol–water partition coefficient (Wildman–Crippen LogP) is 0.964. The van der Waals surface area contributed by atoms with Crippen LogP contribution in [0.2, 0.25) is 0 Å². The van der Waals surface area contributed by atoms with E-state index in [0.29, 0.717) is 5.92 Å². The molecule has 72 valence electrons. The monoisotopic (exact) mass is 180 g/mol. The Labute approximate surface area is 77.9 Å². The summed E-state index contributed by atoms with van der Waals surface area (Å²) in [6.07, 6.45) is 5.76. The maximum Gasteiger partial charge on any atom is 0.153 e. The maximum absolute atomic E-state index is 5.42. The van der Waals surface area contributed by atoms with Gasteiger partial charge in [-0.05, 0) is 25.8 Å². The second-order valence-electron chi connectivity index (χ2n) is 3.66. The van der Waals surface area contributed by atoms with Gasteiger partial charge in [-0.15, -0.1) is 0 Å². The van der Waals surface area contributed by atoms with Crippen LogP contribution in [0.25, 0.3) is 0 Å². The number of H-pyrrole nitrogens is 1. The van der Waals surface area contributed by atoms with Crippen LogP contribution < -0.4 is 5.73 Å². The third kappa shape index (κ3) is 1.88. The van der Waals surface area contributed by atoms with Gasteiger partial charge in [0.15, 0.2) is 5.82 Å². The molecule has 0 atom stereocenters. The van der Waals surface area contributed by atoms with E-state index in [-0.39, 0.29) is 0 Å².